The van der Waals surface area contributed by atoms with Crippen LogP contribution in [0.2, 0.25) is 0 Å². The van der Waals surface area contributed by atoms with Crippen LogP contribution in [-0.2, 0) is 14.3 Å². The van der Waals surface area contributed by atoms with Crippen LogP contribution in [0, 0.1) is 13.8 Å². The van der Waals surface area contributed by atoms with Gasteiger partial charge in [-0.1, -0.05) is 17.7 Å². The van der Waals surface area contributed by atoms with Gasteiger partial charge in [0.2, 0.25) is 0 Å². The van der Waals surface area contributed by atoms with Gasteiger partial charge in [0, 0.05) is 4.90 Å². The van der Waals surface area contributed by atoms with E-state index < -0.39 is 18.0 Å². The van der Waals surface area contributed by atoms with Crippen molar-refractivity contribution in [1.29, 1.82) is 0 Å². The van der Waals surface area contributed by atoms with E-state index in [1.54, 1.807) is 0 Å². The van der Waals surface area contributed by atoms with Crippen molar-refractivity contribution in [3.8, 4) is 0 Å². The molecule has 0 bridgehead atoms. The largest absolute Gasteiger partial charge is 0.452 e. The molecule has 98 valence electrons. The fourth-order valence-electron chi connectivity index (χ4n) is 1.39. The average Bonchev–Trinajstić information content (AvgIpc) is 2.27. The summed E-state index contributed by atoms with van der Waals surface area (Å²) in [5, 5.41) is 0. The Labute approximate surface area is 111 Å². The van der Waals surface area contributed by atoms with Gasteiger partial charge in [-0.05, 0) is 32.4 Å². The Balaban J connectivity index is 2.50. The van der Waals surface area contributed by atoms with Gasteiger partial charge < -0.3 is 10.5 Å². The highest BCUT2D eigenvalue weighted by Gasteiger charge is 2.14. The van der Waals surface area contributed by atoms with Crippen molar-refractivity contribution in [1.82, 2.24) is 0 Å². The predicted molar refractivity (Wildman–Crippen MR) is 71.4 cm³/mol. The summed E-state index contributed by atoms with van der Waals surface area (Å²) in [4.78, 5) is 23.2. The Hall–Kier alpha value is -1.49. The summed E-state index contributed by atoms with van der Waals surface area (Å²) >= 11 is 1.39. The second-order valence-electron chi connectivity index (χ2n) is 4.09. The van der Waals surface area contributed by atoms with E-state index in [0.29, 0.717) is 0 Å². The quantitative estimate of drug-likeness (QED) is 0.652. The number of ether oxygens (including phenoxy) is 1. The molecule has 2 N–H and O–H groups in total. The van der Waals surface area contributed by atoms with Crippen molar-refractivity contribution in [3.63, 3.8) is 0 Å². The number of amides is 1. The van der Waals surface area contributed by atoms with Gasteiger partial charge in [-0.25, -0.2) is 0 Å². The Bertz CT molecular complexity index is 460. The molecule has 0 fully saturated rings. The minimum absolute atomic E-state index is 0.168. The van der Waals surface area contributed by atoms with Gasteiger partial charge in [0.25, 0.3) is 5.91 Å². The summed E-state index contributed by atoms with van der Waals surface area (Å²) in [6.07, 6.45) is -0.878. The molecule has 1 atom stereocenters. The topological polar surface area (TPSA) is 69.4 Å². The highest BCUT2D eigenvalue weighted by atomic mass is 32.2. The van der Waals surface area contributed by atoms with Gasteiger partial charge >= 0.3 is 5.97 Å². The number of benzene rings is 1. The second kappa shape index (κ2) is 6.44. The zero-order valence-electron chi connectivity index (χ0n) is 10.7. The number of carbonyl (C=O) groups is 2. The lowest BCUT2D eigenvalue weighted by Crippen LogP contribution is -2.31. The number of rotatable bonds is 5. The van der Waals surface area contributed by atoms with Crippen molar-refractivity contribution < 1.29 is 14.3 Å². The number of thioether (sulfide) groups is 1. The Morgan fingerprint density at radius 2 is 2.06 bits per heavy atom. The first kappa shape index (κ1) is 14.6. The van der Waals surface area contributed by atoms with Gasteiger partial charge in [-0.15, -0.1) is 11.8 Å². The smallest absolute Gasteiger partial charge is 0.317 e. The molecule has 0 aliphatic heterocycles. The monoisotopic (exact) mass is 267 g/mol. The van der Waals surface area contributed by atoms with Gasteiger partial charge in [0.05, 0.1) is 5.75 Å². The third-order valence-electron chi connectivity index (χ3n) is 2.38. The van der Waals surface area contributed by atoms with Crippen molar-refractivity contribution in [2.75, 3.05) is 5.75 Å². The minimum Gasteiger partial charge on any atom is -0.452 e. The molecule has 0 aromatic heterocycles. The molecule has 0 spiro atoms. The standard InChI is InChI=1S/C13H17NO3S/c1-8-4-5-11(9(2)6-8)18-7-12(15)17-10(3)13(14)16/h4-6,10H,7H2,1-3H3,(H2,14,16)/t10-/m1/s1. The maximum atomic E-state index is 11.5. The van der Waals surface area contributed by atoms with Gasteiger partial charge in [0.15, 0.2) is 6.10 Å². The molecule has 0 radical (unpaired) electrons. The van der Waals surface area contributed by atoms with Gasteiger partial charge in [0.1, 0.15) is 0 Å². The molecular weight excluding hydrogens is 250 g/mol. The van der Waals surface area contributed by atoms with Crippen LogP contribution >= 0.6 is 11.8 Å². The van der Waals surface area contributed by atoms with Gasteiger partial charge in [-0.2, -0.15) is 0 Å². The van der Waals surface area contributed by atoms with Crippen molar-refractivity contribution >= 4 is 23.6 Å². The summed E-state index contributed by atoms with van der Waals surface area (Å²) < 4.78 is 4.86. The zero-order chi connectivity index (χ0) is 13.7. The summed E-state index contributed by atoms with van der Waals surface area (Å²) in [6.45, 7) is 5.47. The summed E-state index contributed by atoms with van der Waals surface area (Å²) in [5.74, 6) is -0.909. The Morgan fingerprint density at radius 1 is 1.39 bits per heavy atom. The van der Waals surface area contributed by atoms with Crippen LogP contribution in [0.25, 0.3) is 0 Å². The molecule has 18 heavy (non-hydrogen) atoms. The lowest BCUT2D eigenvalue weighted by molar-refractivity contribution is -0.151. The molecule has 5 heteroatoms. The molecule has 1 rings (SSSR count). The highest BCUT2D eigenvalue weighted by molar-refractivity contribution is 8.00. The molecule has 1 aromatic carbocycles. The molecule has 1 amide bonds. The number of hydrogen-bond acceptors (Lipinski definition) is 4. The summed E-state index contributed by atoms with van der Waals surface area (Å²) in [6, 6.07) is 6.02. The van der Waals surface area contributed by atoms with Crippen molar-refractivity contribution in [2.45, 2.75) is 31.8 Å². The third-order valence-corrected chi connectivity index (χ3v) is 3.53. The van der Waals surface area contributed by atoms with Gasteiger partial charge in [-0.3, -0.25) is 9.59 Å². The number of esters is 1. The normalized spacial score (nSPS) is 11.9. The molecule has 1 aromatic rings. The number of carbonyl (C=O) groups excluding carboxylic acids is 2. The SMILES string of the molecule is Cc1ccc(SCC(=O)O[C@H](C)C(N)=O)c(C)c1. The maximum Gasteiger partial charge on any atom is 0.317 e. The Morgan fingerprint density at radius 3 is 2.61 bits per heavy atom. The first-order chi connectivity index (χ1) is 8.40. The molecule has 4 nitrogen and oxygen atoms in total. The minimum atomic E-state index is -0.878. The maximum absolute atomic E-state index is 11.5. The lowest BCUT2D eigenvalue weighted by Gasteiger charge is -2.10. The molecule has 0 saturated heterocycles. The first-order valence-electron chi connectivity index (χ1n) is 5.59. The molecule has 0 aliphatic rings. The number of primary amides is 1. The first-order valence-corrected chi connectivity index (χ1v) is 6.57. The van der Waals surface area contributed by atoms with Crippen LogP contribution in [0.15, 0.2) is 23.1 Å². The number of hydrogen-bond donors (Lipinski definition) is 1. The van der Waals surface area contributed by atoms with Crippen molar-refractivity contribution in [2.24, 2.45) is 5.73 Å². The molecule has 0 heterocycles. The molecule has 0 aliphatic carbocycles. The summed E-state index contributed by atoms with van der Waals surface area (Å²) in [5.41, 5.74) is 7.31. The van der Waals surface area contributed by atoms with E-state index in [1.807, 2.05) is 26.0 Å². The Kier molecular flexibility index (Phi) is 5.22. The van der Waals surface area contributed by atoms with E-state index in [2.05, 4.69) is 6.07 Å². The third kappa shape index (κ3) is 4.41. The lowest BCUT2D eigenvalue weighted by atomic mass is 10.2. The van der Waals surface area contributed by atoms with Crippen LogP contribution in [0.5, 0.6) is 0 Å². The van der Waals surface area contributed by atoms with E-state index in [-0.39, 0.29) is 5.75 Å². The van der Waals surface area contributed by atoms with E-state index in [1.165, 1.54) is 24.2 Å². The second-order valence-corrected chi connectivity index (χ2v) is 5.11. The number of aryl methyl sites for hydroxylation is 2. The van der Waals surface area contributed by atoms with Crippen LogP contribution in [0.1, 0.15) is 18.1 Å². The van der Waals surface area contributed by atoms with E-state index in [0.717, 1.165) is 10.5 Å². The zero-order valence-corrected chi connectivity index (χ0v) is 11.5. The van der Waals surface area contributed by atoms with E-state index >= 15 is 0 Å². The average molecular weight is 267 g/mol. The van der Waals surface area contributed by atoms with E-state index in [4.69, 9.17) is 10.5 Å². The fraction of sp³-hybridized carbons (Fsp3) is 0.385. The predicted octanol–water partition coefficient (Wildman–Crippen LogP) is 1.81. The number of nitrogens with two attached hydrogens (primary N) is 1. The highest BCUT2D eigenvalue weighted by Crippen LogP contribution is 2.23. The van der Waals surface area contributed by atoms with Crippen LogP contribution in [0.4, 0.5) is 0 Å². The van der Waals surface area contributed by atoms with Crippen LogP contribution < -0.4 is 5.73 Å². The molecule has 0 unspecified atom stereocenters. The fourth-order valence-corrected chi connectivity index (χ4v) is 2.18. The van der Waals surface area contributed by atoms with Crippen molar-refractivity contribution in [3.05, 3.63) is 29.3 Å². The van der Waals surface area contributed by atoms with E-state index in [9.17, 15) is 9.59 Å². The van der Waals surface area contributed by atoms with Crippen LogP contribution in [-0.4, -0.2) is 23.7 Å². The molecule has 0 saturated carbocycles. The summed E-state index contributed by atoms with van der Waals surface area (Å²) in [7, 11) is 0. The van der Waals surface area contributed by atoms with Crippen LogP contribution in [0.3, 0.4) is 0 Å². The molecular formula is C13H17NO3S.